The van der Waals surface area contributed by atoms with Crippen LogP contribution in [0.2, 0.25) is 0 Å². The zero-order valence-electron chi connectivity index (χ0n) is 9.64. The molecular formula is C13H13NO4. The van der Waals surface area contributed by atoms with Crippen molar-refractivity contribution in [2.45, 2.75) is 25.4 Å². The second-order valence-corrected chi connectivity index (χ2v) is 5.01. The number of rotatable bonds is 3. The fraction of sp³-hybridized carbons (Fsp3) is 0.385. The van der Waals surface area contributed by atoms with Crippen molar-refractivity contribution in [3.63, 3.8) is 0 Å². The van der Waals surface area contributed by atoms with Gasteiger partial charge in [0, 0.05) is 5.69 Å². The average Bonchev–Trinajstić information content (AvgIpc) is 3.05. The molecule has 0 bridgehead atoms. The largest absolute Gasteiger partial charge is 0.481 e. The molecule has 18 heavy (non-hydrogen) atoms. The van der Waals surface area contributed by atoms with Crippen molar-refractivity contribution in [1.82, 2.24) is 0 Å². The van der Waals surface area contributed by atoms with Crippen molar-refractivity contribution in [2.75, 3.05) is 5.32 Å². The number of carbonyl (C=O) groups is 2. The average molecular weight is 247 g/mol. The van der Waals surface area contributed by atoms with E-state index in [1.807, 2.05) is 0 Å². The lowest BCUT2D eigenvalue weighted by atomic mass is 9.91. The van der Waals surface area contributed by atoms with E-state index in [0.717, 1.165) is 11.3 Å². The number of aliphatic hydroxyl groups is 1. The lowest BCUT2D eigenvalue weighted by molar-refractivity contribution is -0.148. The standard InChI is InChI=1S/C13H13NO4/c15-10-6-8-5-7(1-2-9(8)14-10)11(16)13(3-4-13)12(17)18/h1-2,5,11,16H,3-4,6H2,(H,14,15)(H,17,18). The van der Waals surface area contributed by atoms with E-state index in [0.29, 0.717) is 18.4 Å². The molecule has 1 heterocycles. The molecular weight excluding hydrogens is 234 g/mol. The van der Waals surface area contributed by atoms with Crippen molar-refractivity contribution in [3.8, 4) is 0 Å². The molecule has 0 radical (unpaired) electrons. The van der Waals surface area contributed by atoms with Crippen molar-refractivity contribution >= 4 is 17.6 Å². The maximum Gasteiger partial charge on any atom is 0.312 e. The first kappa shape index (κ1) is 11.2. The third kappa shape index (κ3) is 1.51. The normalized spacial score (nSPS) is 21.1. The molecule has 5 nitrogen and oxygen atoms in total. The first-order valence-electron chi connectivity index (χ1n) is 5.87. The summed E-state index contributed by atoms with van der Waals surface area (Å²) < 4.78 is 0. The van der Waals surface area contributed by atoms with Crippen LogP contribution >= 0.6 is 0 Å². The fourth-order valence-electron chi connectivity index (χ4n) is 2.48. The summed E-state index contributed by atoms with van der Waals surface area (Å²) in [4.78, 5) is 22.4. The Bertz CT molecular complexity index is 548. The summed E-state index contributed by atoms with van der Waals surface area (Å²) in [6, 6.07) is 5.12. The Morgan fingerprint density at radius 1 is 1.39 bits per heavy atom. The highest BCUT2D eigenvalue weighted by Gasteiger charge is 2.56. The van der Waals surface area contributed by atoms with Gasteiger partial charge in [-0.15, -0.1) is 0 Å². The molecule has 1 amide bonds. The van der Waals surface area contributed by atoms with Gasteiger partial charge in [0.05, 0.1) is 17.9 Å². The minimum absolute atomic E-state index is 0.0731. The van der Waals surface area contributed by atoms with Gasteiger partial charge in [0.1, 0.15) is 0 Å². The van der Waals surface area contributed by atoms with Gasteiger partial charge >= 0.3 is 5.97 Å². The van der Waals surface area contributed by atoms with Crippen LogP contribution in [0.1, 0.15) is 30.1 Å². The van der Waals surface area contributed by atoms with Gasteiger partial charge in [-0.25, -0.2) is 0 Å². The van der Waals surface area contributed by atoms with Crippen molar-refractivity contribution in [1.29, 1.82) is 0 Å². The number of nitrogens with one attached hydrogen (secondary N) is 1. The third-order valence-corrected chi connectivity index (χ3v) is 3.81. The Balaban J connectivity index is 1.92. The number of benzene rings is 1. The van der Waals surface area contributed by atoms with Crippen LogP contribution in [0.15, 0.2) is 18.2 Å². The van der Waals surface area contributed by atoms with Crippen LogP contribution in [0.3, 0.4) is 0 Å². The number of hydrogen-bond donors (Lipinski definition) is 3. The number of anilines is 1. The highest BCUT2D eigenvalue weighted by atomic mass is 16.4. The van der Waals surface area contributed by atoms with Crippen molar-refractivity contribution in [3.05, 3.63) is 29.3 Å². The number of fused-ring (bicyclic) bond motifs is 1. The van der Waals surface area contributed by atoms with Crippen LogP contribution in [0.5, 0.6) is 0 Å². The summed E-state index contributed by atoms with van der Waals surface area (Å²) in [5.41, 5.74) is 1.11. The number of amides is 1. The Morgan fingerprint density at radius 3 is 2.72 bits per heavy atom. The molecule has 1 fully saturated rings. The quantitative estimate of drug-likeness (QED) is 0.746. The highest BCUT2D eigenvalue weighted by Crippen LogP contribution is 2.55. The number of carboxylic acids is 1. The van der Waals surface area contributed by atoms with E-state index in [1.54, 1.807) is 18.2 Å². The van der Waals surface area contributed by atoms with E-state index in [9.17, 15) is 14.7 Å². The van der Waals surface area contributed by atoms with Crippen LogP contribution in [0.4, 0.5) is 5.69 Å². The van der Waals surface area contributed by atoms with Gasteiger partial charge in [0.25, 0.3) is 0 Å². The molecule has 1 atom stereocenters. The van der Waals surface area contributed by atoms with Gasteiger partial charge in [0.2, 0.25) is 5.91 Å². The summed E-state index contributed by atoms with van der Waals surface area (Å²) in [6.07, 6.45) is 0.280. The zero-order valence-corrected chi connectivity index (χ0v) is 9.64. The van der Waals surface area contributed by atoms with E-state index in [4.69, 9.17) is 5.11 Å². The second kappa shape index (κ2) is 3.55. The third-order valence-electron chi connectivity index (χ3n) is 3.81. The monoisotopic (exact) mass is 247 g/mol. The number of aliphatic carboxylic acids is 1. The SMILES string of the molecule is O=C1Cc2cc(C(O)C3(C(=O)O)CC3)ccc2N1. The lowest BCUT2D eigenvalue weighted by Gasteiger charge is -2.18. The van der Waals surface area contributed by atoms with Crippen LogP contribution in [-0.2, 0) is 16.0 Å². The molecule has 1 aliphatic heterocycles. The van der Waals surface area contributed by atoms with E-state index < -0.39 is 17.5 Å². The molecule has 94 valence electrons. The summed E-state index contributed by atoms with van der Waals surface area (Å²) >= 11 is 0. The smallest absolute Gasteiger partial charge is 0.312 e. The van der Waals surface area contributed by atoms with Crippen LogP contribution < -0.4 is 5.32 Å². The van der Waals surface area contributed by atoms with Gasteiger partial charge in [-0.2, -0.15) is 0 Å². The van der Waals surface area contributed by atoms with Crippen LogP contribution in [0.25, 0.3) is 0 Å². The first-order valence-corrected chi connectivity index (χ1v) is 5.87. The second-order valence-electron chi connectivity index (χ2n) is 5.01. The number of carbonyl (C=O) groups excluding carboxylic acids is 1. The topological polar surface area (TPSA) is 86.6 Å². The maximum atomic E-state index is 11.2. The van der Waals surface area contributed by atoms with Crippen LogP contribution in [-0.4, -0.2) is 22.1 Å². The number of carboxylic acid groups (broad SMARTS) is 1. The molecule has 2 aliphatic rings. The van der Waals surface area contributed by atoms with E-state index in [2.05, 4.69) is 5.32 Å². The van der Waals surface area contributed by atoms with Gasteiger partial charge < -0.3 is 15.5 Å². The van der Waals surface area contributed by atoms with Gasteiger partial charge in [-0.05, 0) is 30.0 Å². The van der Waals surface area contributed by atoms with E-state index >= 15 is 0 Å². The Morgan fingerprint density at radius 2 is 2.11 bits per heavy atom. The predicted molar refractivity (Wildman–Crippen MR) is 63.0 cm³/mol. The fourth-order valence-corrected chi connectivity index (χ4v) is 2.48. The summed E-state index contributed by atoms with van der Waals surface area (Å²) in [5.74, 6) is -1.03. The molecule has 1 saturated carbocycles. The molecule has 1 aromatic rings. The van der Waals surface area contributed by atoms with Gasteiger partial charge in [0.15, 0.2) is 0 Å². The van der Waals surface area contributed by atoms with Crippen LogP contribution in [0, 0.1) is 5.41 Å². The zero-order chi connectivity index (χ0) is 12.9. The predicted octanol–water partition coefficient (Wildman–Crippen LogP) is 1.08. The molecule has 1 unspecified atom stereocenters. The molecule has 3 rings (SSSR count). The number of hydrogen-bond acceptors (Lipinski definition) is 3. The van der Waals surface area contributed by atoms with E-state index in [1.165, 1.54) is 0 Å². The molecule has 5 heteroatoms. The maximum absolute atomic E-state index is 11.2. The number of aliphatic hydroxyl groups excluding tert-OH is 1. The van der Waals surface area contributed by atoms with E-state index in [-0.39, 0.29) is 12.3 Å². The van der Waals surface area contributed by atoms with Crippen molar-refractivity contribution in [2.24, 2.45) is 5.41 Å². The minimum atomic E-state index is -1.02. The summed E-state index contributed by atoms with van der Waals surface area (Å²) in [6.45, 7) is 0. The Kier molecular flexibility index (Phi) is 2.22. The van der Waals surface area contributed by atoms with Crippen molar-refractivity contribution < 1.29 is 19.8 Å². The molecule has 1 aromatic carbocycles. The molecule has 1 aliphatic carbocycles. The summed E-state index contributed by atoms with van der Waals surface area (Å²) in [5, 5.41) is 22.0. The first-order chi connectivity index (χ1) is 8.53. The molecule has 0 spiro atoms. The molecule has 3 N–H and O–H groups in total. The Hall–Kier alpha value is -1.88. The lowest BCUT2D eigenvalue weighted by Crippen LogP contribution is -2.23. The molecule has 0 aromatic heterocycles. The van der Waals surface area contributed by atoms with Gasteiger partial charge in [-0.3, -0.25) is 9.59 Å². The summed E-state index contributed by atoms with van der Waals surface area (Å²) in [7, 11) is 0. The van der Waals surface area contributed by atoms with Gasteiger partial charge in [-0.1, -0.05) is 12.1 Å². The molecule has 0 saturated heterocycles. The highest BCUT2D eigenvalue weighted by molar-refractivity contribution is 5.99. The Labute approximate surface area is 103 Å². The minimum Gasteiger partial charge on any atom is -0.481 e.